The van der Waals surface area contributed by atoms with E-state index in [1.807, 2.05) is 0 Å². The summed E-state index contributed by atoms with van der Waals surface area (Å²) in [4.78, 5) is 40.5. The van der Waals surface area contributed by atoms with Gasteiger partial charge in [-0.05, 0) is 12.8 Å². The average Bonchev–Trinajstić information content (AvgIpc) is 2.25. The van der Waals surface area contributed by atoms with Gasteiger partial charge in [-0.15, -0.1) is 20.2 Å². The normalized spacial score (nSPS) is 27.1. The van der Waals surface area contributed by atoms with E-state index in [-0.39, 0.29) is 19.3 Å². The fourth-order valence-corrected chi connectivity index (χ4v) is 1.99. The number of methoxy groups -OCH3 is 1. The second kappa shape index (κ2) is 5.98. The monoisotopic (exact) mass is 264 g/mol. The first-order valence-corrected chi connectivity index (χ1v) is 5.12. The van der Waals surface area contributed by atoms with Gasteiger partial charge in [0.2, 0.25) is 0 Å². The van der Waals surface area contributed by atoms with E-state index in [2.05, 4.69) is 14.4 Å². The van der Waals surface area contributed by atoms with Crippen LogP contribution in [-0.2, 0) is 19.2 Å². The Morgan fingerprint density at radius 1 is 1.06 bits per heavy atom. The zero-order valence-electron chi connectivity index (χ0n) is 9.51. The van der Waals surface area contributed by atoms with Crippen LogP contribution in [0.25, 0.3) is 0 Å². The van der Waals surface area contributed by atoms with E-state index in [1.54, 1.807) is 0 Å². The molecule has 0 aromatic carbocycles. The predicted octanol–water partition coefficient (Wildman–Crippen LogP) is 0.113. The SMILES string of the molecule is COC(=O)C1C[C@@H](O[N+](=O)[O-])C[C@@H](O[N+](=O)[O-])C1. The summed E-state index contributed by atoms with van der Waals surface area (Å²) in [6, 6.07) is 0. The highest BCUT2D eigenvalue weighted by Crippen LogP contribution is 2.29. The van der Waals surface area contributed by atoms with Gasteiger partial charge in [0.1, 0.15) is 12.2 Å². The molecule has 1 aliphatic carbocycles. The molecule has 0 bridgehead atoms. The van der Waals surface area contributed by atoms with Crippen LogP contribution in [0, 0.1) is 26.1 Å². The first-order chi connectivity index (χ1) is 8.42. The van der Waals surface area contributed by atoms with Crippen LogP contribution >= 0.6 is 0 Å². The maximum Gasteiger partial charge on any atom is 0.308 e. The molecule has 1 fully saturated rings. The molecule has 0 aliphatic heterocycles. The van der Waals surface area contributed by atoms with E-state index >= 15 is 0 Å². The number of hydrogen-bond acceptors (Lipinski definition) is 8. The number of rotatable bonds is 5. The van der Waals surface area contributed by atoms with Gasteiger partial charge in [0.15, 0.2) is 0 Å². The summed E-state index contributed by atoms with van der Waals surface area (Å²) >= 11 is 0. The summed E-state index contributed by atoms with van der Waals surface area (Å²) in [5, 5.41) is 18.5. The van der Waals surface area contributed by atoms with Gasteiger partial charge >= 0.3 is 5.97 Å². The minimum atomic E-state index is -0.993. The van der Waals surface area contributed by atoms with E-state index in [1.165, 1.54) is 7.11 Å². The van der Waals surface area contributed by atoms with E-state index in [0.717, 1.165) is 0 Å². The second-order valence-corrected chi connectivity index (χ2v) is 3.83. The molecule has 0 radical (unpaired) electrons. The molecule has 0 saturated heterocycles. The summed E-state index contributed by atoms with van der Waals surface area (Å²) in [6.45, 7) is 0. The molecule has 1 rings (SSSR count). The topological polar surface area (TPSA) is 131 Å². The molecular formula is C8H12N2O8. The zero-order valence-corrected chi connectivity index (χ0v) is 9.51. The summed E-state index contributed by atoms with van der Waals surface area (Å²) in [5.74, 6) is -1.30. The molecule has 0 aromatic heterocycles. The molecule has 3 atom stereocenters. The fourth-order valence-electron chi connectivity index (χ4n) is 1.99. The molecule has 0 amide bonds. The lowest BCUT2D eigenvalue weighted by molar-refractivity contribution is -0.781. The Labute approximate surface area is 101 Å². The van der Waals surface area contributed by atoms with Gasteiger partial charge in [-0.1, -0.05) is 0 Å². The molecule has 102 valence electrons. The van der Waals surface area contributed by atoms with Crippen LogP contribution in [0.4, 0.5) is 0 Å². The van der Waals surface area contributed by atoms with Crippen molar-refractivity contribution in [3.8, 4) is 0 Å². The largest absolute Gasteiger partial charge is 0.469 e. The Kier molecular flexibility index (Phi) is 4.63. The summed E-state index contributed by atoms with van der Waals surface area (Å²) in [7, 11) is 1.17. The molecule has 0 N–H and O–H groups in total. The smallest absolute Gasteiger partial charge is 0.308 e. The number of hydrogen-bond donors (Lipinski definition) is 0. The van der Waals surface area contributed by atoms with E-state index in [0.29, 0.717) is 0 Å². The van der Waals surface area contributed by atoms with Gasteiger partial charge in [0, 0.05) is 6.42 Å². The van der Waals surface area contributed by atoms with Crippen molar-refractivity contribution >= 4 is 5.97 Å². The lowest BCUT2D eigenvalue weighted by Gasteiger charge is -2.30. The molecule has 0 aromatic rings. The van der Waals surface area contributed by atoms with Crippen LogP contribution in [0.2, 0.25) is 0 Å². The molecule has 18 heavy (non-hydrogen) atoms. The van der Waals surface area contributed by atoms with Crippen molar-refractivity contribution in [1.82, 2.24) is 0 Å². The molecule has 1 saturated carbocycles. The third kappa shape index (κ3) is 4.03. The summed E-state index contributed by atoms with van der Waals surface area (Å²) < 4.78 is 4.51. The standard InChI is InChI=1S/C8H12N2O8/c1-16-8(11)5-2-6(17-9(12)13)4-7(3-5)18-10(14)15/h5-7H,2-4H2,1H3/t5?,6-,7+. The molecule has 1 aliphatic rings. The van der Waals surface area contributed by atoms with Gasteiger partial charge in [-0.25, -0.2) is 0 Å². The Bertz CT molecular complexity index is 322. The van der Waals surface area contributed by atoms with Gasteiger partial charge < -0.3 is 14.4 Å². The molecule has 0 heterocycles. The van der Waals surface area contributed by atoms with Crippen LogP contribution in [0.5, 0.6) is 0 Å². The van der Waals surface area contributed by atoms with Crippen molar-refractivity contribution in [3.05, 3.63) is 20.2 Å². The average molecular weight is 264 g/mol. The summed E-state index contributed by atoms with van der Waals surface area (Å²) in [6.07, 6.45) is -1.70. The second-order valence-electron chi connectivity index (χ2n) is 3.83. The Hall–Kier alpha value is -2.13. The number of esters is 1. The van der Waals surface area contributed by atoms with Crippen molar-refractivity contribution in [2.45, 2.75) is 31.5 Å². The lowest BCUT2D eigenvalue weighted by atomic mass is 9.85. The minimum Gasteiger partial charge on any atom is -0.469 e. The number of ether oxygens (including phenoxy) is 1. The van der Waals surface area contributed by atoms with Crippen LogP contribution in [0.15, 0.2) is 0 Å². The first-order valence-electron chi connectivity index (χ1n) is 5.12. The van der Waals surface area contributed by atoms with Crippen LogP contribution < -0.4 is 0 Å². The number of nitrogens with zero attached hydrogens (tertiary/aromatic N) is 2. The Morgan fingerprint density at radius 2 is 1.50 bits per heavy atom. The van der Waals surface area contributed by atoms with Crippen molar-refractivity contribution in [2.24, 2.45) is 5.92 Å². The highest BCUT2D eigenvalue weighted by atomic mass is 17.0. The zero-order chi connectivity index (χ0) is 13.7. The van der Waals surface area contributed by atoms with E-state index in [9.17, 15) is 25.0 Å². The van der Waals surface area contributed by atoms with Crippen LogP contribution in [-0.4, -0.2) is 35.5 Å². The first kappa shape index (κ1) is 13.9. The predicted molar refractivity (Wildman–Crippen MR) is 53.1 cm³/mol. The van der Waals surface area contributed by atoms with Gasteiger partial charge in [0.25, 0.3) is 10.2 Å². The van der Waals surface area contributed by atoms with E-state index in [4.69, 9.17) is 0 Å². The maximum atomic E-state index is 11.4. The minimum absolute atomic E-state index is 0.0184. The Balaban J connectivity index is 2.68. The highest BCUT2D eigenvalue weighted by Gasteiger charge is 2.37. The van der Waals surface area contributed by atoms with Crippen molar-refractivity contribution in [2.75, 3.05) is 7.11 Å². The number of carbonyl (C=O) groups excluding carboxylic acids is 1. The summed E-state index contributed by atoms with van der Waals surface area (Å²) in [5.41, 5.74) is 0. The van der Waals surface area contributed by atoms with Crippen molar-refractivity contribution < 1.29 is 29.4 Å². The van der Waals surface area contributed by atoms with Gasteiger partial charge in [-0.3, -0.25) is 4.79 Å². The highest BCUT2D eigenvalue weighted by molar-refractivity contribution is 5.72. The maximum absolute atomic E-state index is 11.4. The van der Waals surface area contributed by atoms with Gasteiger partial charge in [0.05, 0.1) is 13.0 Å². The van der Waals surface area contributed by atoms with Gasteiger partial charge in [-0.2, -0.15) is 0 Å². The van der Waals surface area contributed by atoms with Crippen LogP contribution in [0.3, 0.4) is 0 Å². The Morgan fingerprint density at radius 3 is 1.83 bits per heavy atom. The third-order valence-electron chi connectivity index (χ3n) is 2.63. The lowest BCUT2D eigenvalue weighted by Crippen LogP contribution is -2.38. The molecule has 0 spiro atoms. The molecule has 10 nitrogen and oxygen atoms in total. The fraction of sp³-hybridized carbons (Fsp3) is 0.875. The van der Waals surface area contributed by atoms with Crippen molar-refractivity contribution in [1.29, 1.82) is 0 Å². The quantitative estimate of drug-likeness (QED) is 0.388. The molecule has 10 heteroatoms. The van der Waals surface area contributed by atoms with Crippen LogP contribution in [0.1, 0.15) is 19.3 Å². The molecule has 1 unspecified atom stereocenters. The van der Waals surface area contributed by atoms with E-state index < -0.39 is 34.3 Å². The number of carbonyl (C=O) groups is 1. The third-order valence-corrected chi connectivity index (χ3v) is 2.63. The molecular weight excluding hydrogens is 252 g/mol. The van der Waals surface area contributed by atoms with Crippen molar-refractivity contribution in [3.63, 3.8) is 0 Å².